The van der Waals surface area contributed by atoms with Gasteiger partial charge in [0.1, 0.15) is 0 Å². The molecule has 72 valence electrons. The molecule has 0 spiro atoms. The average molecular weight is 217 g/mol. The number of hydrogen-bond donors (Lipinski definition) is 0. The second-order valence-corrected chi connectivity index (χ2v) is 4.40. The molecule has 0 amide bonds. The fraction of sp³-hybridized carbons (Fsp3) is 1.00. The summed E-state index contributed by atoms with van der Waals surface area (Å²) in [5.74, 6) is 0. The van der Waals surface area contributed by atoms with Crippen LogP contribution in [-0.2, 0) is 15.0 Å². The molecule has 0 radical (unpaired) electrons. The van der Waals surface area contributed by atoms with E-state index in [4.69, 9.17) is 4.74 Å². The molecule has 1 rings (SSSR count). The summed E-state index contributed by atoms with van der Waals surface area (Å²) in [7, 11) is -4.29. The Hall–Kier alpha value is 0.830. The molecule has 0 N–H and O–H groups in total. The Morgan fingerprint density at radius 1 is 1.31 bits per heavy atom. The standard InChI is InChI=1S/C6H13NO4S.Na/c1-5-3-7(12(8,9)10)4-6(2)11-5;/h5-6H,3-4H2,1-2H3,(H,8,9,10);/q;+1/p-1. The number of nitrogens with zero attached hydrogens (tertiary/aromatic N) is 1. The van der Waals surface area contributed by atoms with Crippen molar-refractivity contribution in [1.82, 2.24) is 4.31 Å². The minimum absolute atomic E-state index is 0. The van der Waals surface area contributed by atoms with Crippen LogP contribution in [0, 0.1) is 0 Å². The van der Waals surface area contributed by atoms with Gasteiger partial charge in [0.05, 0.1) is 12.2 Å². The second kappa shape index (κ2) is 5.06. The van der Waals surface area contributed by atoms with Crippen LogP contribution in [0.25, 0.3) is 0 Å². The SMILES string of the molecule is CC1CN(S(=O)(=O)[O-])CC(C)O1.[Na+]. The summed E-state index contributed by atoms with van der Waals surface area (Å²) >= 11 is 0. The Morgan fingerprint density at radius 3 is 2.00 bits per heavy atom. The first-order valence-corrected chi connectivity index (χ1v) is 5.12. The van der Waals surface area contributed by atoms with Crippen molar-refractivity contribution in [2.75, 3.05) is 13.1 Å². The second-order valence-electron chi connectivity index (χ2n) is 3.03. The van der Waals surface area contributed by atoms with Crippen LogP contribution in [-0.4, -0.2) is 42.6 Å². The Morgan fingerprint density at radius 2 is 1.69 bits per heavy atom. The quantitative estimate of drug-likeness (QED) is 0.338. The van der Waals surface area contributed by atoms with E-state index in [1.165, 1.54) is 0 Å². The molecule has 1 fully saturated rings. The van der Waals surface area contributed by atoms with E-state index in [1.54, 1.807) is 13.8 Å². The molecule has 13 heavy (non-hydrogen) atoms. The van der Waals surface area contributed by atoms with Gasteiger partial charge in [0, 0.05) is 13.1 Å². The fourth-order valence-electron chi connectivity index (χ4n) is 1.31. The van der Waals surface area contributed by atoms with Crippen LogP contribution in [0.2, 0.25) is 0 Å². The molecule has 7 heteroatoms. The Bertz CT molecular complexity index is 245. The van der Waals surface area contributed by atoms with Crippen LogP contribution in [0.4, 0.5) is 0 Å². The van der Waals surface area contributed by atoms with Crippen LogP contribution in [0.5, 0.6) is 0 Å². The summed E-state index contributed by atoms with van der Waals surface area (Å²) < 4.78 is 38.0. The molecule has 1 aliphatic heterocycles. The summed E-state index contributed by atoms with van der Waals surface area (Å²) in [6.45, 7) is 3.81. The van der Waals surface area contributed by atoms with E-state index in [9.17, 15) is 13.0 Å². The molecule has 0 aromatic rings. The van der Waals surface area contributed by atoms with Gasteiger partial charge in [0.15, 0.2) is 10.3 Å². The first-order chi connectivity index (χ1) is 5.39. The smallest absolute Gasteiger partial charge is 0.735 e. The summed E-state index contributed by atoms with van der Waals surface area (Å²) in [5, 5.41) is 0. The summed E-state index contributed by atoms with van der Waals surface area (Å²) in [5.41, 5.74) is 0. The predicted molar refractivity (Wildman–Crippen MR) is 41.3 cm³/mol. The summed E-state index contributed by atoms with van der Waals surface area (Å²) in [6.07, 6.45) is -0.394. The maximum Gasteiger partial charge on any atom is 1.00 e. The van der Waals surface area contributed by atoms with E-state index in [0.29, 0.717) is 0 Å². The van der Waals surface area contributed by atoms with Crippen molar-refractivity contribution < 1.29 is 47.3 Å². The van der Waals surface area contributed by atoms with Gasteiger partial charge in [-0.25, -0.2) is 12.7 Å². The largest absolute Gasteiger partial charge is 1.00 e. The zero-order valence-corrected chi connectivity index (χ0v) is 10.9. The predicted octanol–water partition coefficient (Wildman–Crippen LogP) is -3.44. The minimum atomic E-state index is -4.29. The van der Waals surface area contributed by atoms with E-state index in [2.05, 4.69) is 0 Å². The Kier molecular flexibility index (Phi) is 5.39. The molecule has 1 saturated heterocycles. The normalized spacial score (nSPS) is 31.0. The maximum absolute atomic E-state index is 10.6. The molecule has 0 aromatic carbocycles. The number of morpholine rings is 1. The van der Waals surface area contributed by atoms with E-state index >= 15 is 0 Å². The Labute approximate surface area is 101 Å². The van der Waals surface area contributed by atoms with Gasteiger partial charge in [-0.15, -0.1) is 0 Å². The zero-order valence-electron chi connectivity index (χ0n) is 8.06. The minimum Gasteiger partial charge on any atom is -0.735 e. The van der Waals surface area contributed by atoms with Crippen molar-refractivity contribution in [2.45, 2.75) is 26.1 Å². The van der Waals surface area contributed by atoms with Crippen LogP contribution in [0.3, 0.4) is 0 Å². The van der Waals surface area contributed by atoms with Gasteiger partial charge in [0.25, 0.3) is 0 Å². The van der Waals surface area contributed by atoms with Crippen molar-refractivity contribution in [2.24, 2.45) is 0 Å². The van der Waals surface area contributed by atoms with Crippen molar-refractivity contribution in [3.63, 3.8) is 0 Å². The zero-order chi connectivity index (χ0) is 9.35. The Balaban J connectivity index is 0.00000144. The average Bonchev–Trinajstić information content (AvgIpc) is 1.82. The maximum atomic E-state index is 10.6. The molecular weight excluding hydrogens is 205 g/mol. The number of hydrogen-bond acceptors (Lipinski definition) is 4. The number of rotatable bonds is 1. The molecule has 0 aliphatic carbocycles. The van der Waals surface area contributed by atoms with Crippen LogP contribution in [0.15, 0.2) is 0 Å². The third-order valence-corrected chi connectivity index (χ3v) is 2.63. The van der Waals surface area contributed by atoms with Crippen molar-refractivity contribution >= 4 is 10.3 Å². The van der Waals surface area contributed by atoms with Gasteiger partial charge in [-0.05, 0) is 13.8 Å². The van der Waals surface area contributed by atoms with E-state index < -0.39 is 10.3 Å². The van der Waals surface area contributed by atoms with Crippen LogP contribution >= 0.6 is 0 Å². The third kappa shape index (κ3) is 4.24. The van der Waals surface area contributed by atoms with Gasteiger partial charge in [-0.3, -0.25) is 0 Å². The monoisotopic (exact) mass is 217 g/mol. The van der Waals surface area contributed by atoms with Gasteiger partial charge in [-0.1, -0.05) is 0 Å². The first kappa shape index (κ1) is 13.8. The third-order valence-electron chi connectivity index (χ3n) is 1.70. The molecule has 5 nitrogen and oxygen atoms in total. The molecule has 2 atom stereocenters. The topological polar surface area (TPSA) is 69.7 Å². The van der Waals surface area contributed by atoms with Crippen molar-refractivity contribution in [3.05, 3.63) is 0 Å². The van der Waals surface area contributed by atoms with E-state index in [0.717, 1.165) is 4.31 Å². The first-order valence-electron chi connectivity index (χ1n) is 3.76. The molecule has 0 saturated carbocycles. The molecule has 0 bridgehead atoms. The fourth-order valence-corrected chi connectivity index (χ4v) is 2.10. The van der Waals surface area contributed by atoms with Crippen LogP contribution < -0.4 is 29.6 Å². The van der Waals surface area contributed by atoms with Crippen LogP contribution in [0.1, 0.15) is 13.8 Å². The molecule has 1 aliphatic rings. The van der Waals surface area contributed by atoms with Gasteiger partial charge < -0.3 is 9.29 Å². The molecule has 0 aromatic heterocycles. The van der Waals surface area contributed by atoms with E-state index in [-0.39, 0.29) is 54.9 Å². The number of ether oxygens (including phenoxy) is 1. The van der Waals surface area contributed by atoms with Crippen molar-refractivity contribution in [1.29, 1.82) is 0 Å². The summed E-state index contributed by atoms with van der Waals surface area (Å²) in [4.78, 5) is 0. The molecule has 1 heterocycles. The van der Waals surface area contributed by atoms with Gasteiger partial charge in [0.2, 0.25) is 0 Å². The molecular formula is C6H12NNaO4S. The summed E-state index contributed by atoms with van der Waals surface area (Å²) in [6, 6.07) is 0. The van der Waals surface area contributed by atoms with Gasteiger partial charge >= 0.3 is 29.6 Å². The molecule has 2 unspecified atom stereocenters. The van der Waals surface area contributed by atoms with Gasteiger partial charge in [-0.2, -0.15) is 0 Å². The van der Waals surface area contributed by atoms with E-state index in [1.807, 2.05) is 0 Å². The van der Waals surface area contributed by atoms with Crippen molar-refractivity contribution in [3.8, 4) is 0 Å².